The summed E-state index contributed by atoms with van der Waals surface area (Å²) >= 11 is 0. The lowest BCUT2D eigenvalue weighted by Gasteiger charge is -2.48. The van der Waals surface area contributed by atoms with E-state index >= 15 is 0 Å². The minimum absolute atomic E-state index is 0.0457. The number of aromatic nitrogens is 3. The van der Waals surface area contributed by atoms with Crippen molar-refractivity contribution in [3.63, 3.8) is 0 Å². The number of hydrogen-bond donors (Lipinski definition) is 1. The fraction of sp³-hybridized carbons (Fsp3) is 0.545. The van der Waals surface area contributed by atoms with Crippen LogP contribution in [0.15, 0.2) is 37.1 Å². The molecule has 1 atom stereocenters. The summed E-state index contributed by atoms with van der Waals surface area (Å²) in [5, 5.41) is 0. The normalized spacial score (nSPS) is 22.3. The van der Waals surface area contributed by atoms with E-state index in [1.807, 2.05) is 34.3 Å². The van der Waals surface area contributed by atoms with Crippen molar-refractivity contribution in [2.75, 3.05) is 26.2 Å². The average molecular weight is 396 g/mol. The Morgan fingerprint density at radius 1 is 1.17 bits per heavy atom. The molecule has 1 N–H and O–H groups in total. The van der Waals surface area contributed by atoms with Crippen molar-refractivity contribution >= 4 is 11.8 Å². The second-order valence-electron chi connectivity index (χ2n) is 8.42. The van der Waals surface area contributed by atoms with Gasteiger partial charge in [-0.2, -0.15) is 0 Å². The highest BCUT2D eigenvalue weighted by Gasteiger charge is 2.42. The van der Waals surface area contributed by atoms with Gasteiger partial charge in [-0.25, -0.2) is 4.98 Å². The first-order chi connectivity index (χ1) is 14.1. The second-order valence-corrected chi connectivity index (χ2v) is 8.42. The first-order valence-corrected chi connectivity index (χ1v) is 10.6. The molecule has 2 aromatic rings. The Labute approximate surface area is 171 Å². The third-order valence-electron chi connectivity index (χ3n) is 6.32. The van der Waals surface area contributed by atoms with E-state index in [1.165, 1.54) is 0 Å². The van der Waals surface area contributed by atoms with Crippen molar-refractivity contribution in [3.05, 3.63) is 48.3 Å². The maximum atomic E-state index is 12.8. The van der Waals surface area contributed by atoms with Crippen molar-refractivity contribution in [1.29, 1.82) is 0 Å². The summed E-state index contributed by atoms with van der Waals surface area (Å²) in [5.74, 6) is 0.448. The van der Waals surface area contributed by atoms with E-state index in [4.69, 9.17) is 0 Å². The molecule has 2 amide bonds. The zero-order valence-corrected chi connectivity index (χ0v) is 16.8. The molecule has 4 heterocycles. The maximum absolute atomic E-state index is 12.8. The minimum atomic E-state index is 0.0457. The quantitative estimate of drug-likeness (QED) is 0.813. The smallest absolute Gasteiger partial charge is 0.222 e. The Morgan fingerprint density at radius 2 is 2.10 bits per heavy atom. The van der Waals surface area contributed by atoms with Crippen molar-refractivity contribution < 1.29 is 9.59 Å². The van der Waals surface area contributed by atoms with Crippen LogP contribution in [0.3, 0.4) is 0 Å². The Kier molecular flexibility index (Phi) is 5.92. The van der Waals surface area contributed by atoms with E-state index in [9.17, 15) is 9.59 Å². The number of rotatable bonds is 6. The number of aromatic amines is 1. The molecule has 7 nitrogen and oxygen atoms in total. The number of likely N-dealkylation sites (tertiary alicyclic amines) is 2. The van der Waals surface area contributed by atoms with Crippen molar-refractivity contribution in [1.82, 2.24) is 24.8 Å². The van der Waals surface area contributed by atoms with E-state index in [-0.39, 0.29) is 17.2 Å². The molecule has 154 valence electrons. The van der Waals surface area contributed by atoms with E-state index < -0.39 is 0 Å². The van der Waals surface area contributed by atoms with Gasteiger partial charge < -0.3 is 14.8 Å². The molecule has 29 heavy (non-hydrogen) atoms. The predicted molar refractivity (Wildman–Crippen MR) is 109 cm³/mol. The lowest BCUT2D eigenvalue weighted by Crippen LogP contribution is -2.55. The second kappa shape index (κ2) is 8.76. The molecular formula is C22H29N5O2. The summed E-state index contributed by atoms with van der Waals surface area (Å²) in [7, 11) is 0. The molecule has 0 radical (unpaired) electrons. The van der Waals surface area contributed by atoms with Crippen LogP contribution in [0.4, 0.5) is 0 Å². The van der Waals surface area contributed by atoms with Crippen LogP contribution in [0.2, 0.25) is 0 Å². The zero-order valence-electron chi connectivity index (χ0n) is 16.8. The topological polar surface area (TPSA) is 82.2 Å². The molecule has 0 unspecified atom stereocenters. The van der Waals surface area contributed by atoms with Crippen molar-refractivity contribution in [2.24, 2.45) is 5.41 Å². The highest BCUT2D eigenvalue weighted by atomic mass is 16.2. The van der Waals surface area contributed by atoms with E-state index in [2.05, 4.69) is 15.0 Å². The molecule has 2 aliphatic rings. The first-order valence-electron chi connectivity index (χ1n) is 10.6. The lowest BCUT2D eigenvalue weighted by molar-refractivity contribution is -0.143. The molecule has 0 aliphatic carbocycles. The summed E-state index contributed by atoms with van der Waals surface area (Å²) in [4.78, 5) is 40.6. The molecule has 4 rings (SSSR count). The minimum Gasteiger partial charge on any atom is -0.348 e. The Hall–Kier alpha value is -2.70. The van der Waals surface area contributed by atoms with Crippen LogP contribution in [0.5, 0.6) is 0 Å². The number of amides is 2. The van der Waals surface area contributed by atoms with Gasteiger partial charge in [0.2, 0.25) is 11.8 Å². The van der Waals surface area contributed by atoms with Crippen LogP contribution in [0.25, 0.3) is 0 Å². The van der Waals surface area contributed by atoms with Gasteiger partial charge in [0.05, 0.1) is 6.33 Å². The van der Waals surface area contributed by atoms with Gasteiger partial charge >= 0.3 is 0 Å². The van der Waals surface area contributed by atoms with Crippen molar-refractivity contribution in [3.8, 4) is 0 Å². The summed E-state index contributed by atoms with van der Waals surface area (Å²) < 4.78 is 0. The third-order valence-corrected chi connectivity index (χ3v) is 6.32. The maximum Gasteiger partial charge on any atom is 0.222 e. The summed E-state index contributed by atoms with van der Waals surface area (Å²) in [6.07, 6.45) is 12.7. The third kappa shape index (κ3) is 4.83. The highest BCUT2D eigenvalue weighted by Crippen LogP contribution is 2.39. The molecular weight excluding hydrogens is 366 g/mol. The molecule has 2 fully saturated rings. The number of carbonyl (C=O) groups is 2. The van der Waals surface area contributed by atoms with Gasteiger partial charge in [0.15, 0.2) is 0 Å². The van der Waals surface area contributed by atoms with Gasteiger partial charge in [-0.05, 0) is 37.3 Å². The number of pyridine rings is 1. The lowest BCUT2D eigenvalue weighted by atomic mass is 9.73. The number of hydrogen-bond acceptors (Lipinski definition) is 4. The standard InChI is InChI=1S/C22H29N5O2/c28-20(5-4-18-3-1-10-23-13-18)26-11-2-8-22(15-26)9-6-21(29)27(16-22)12-7-19-14-24-17-25-19/h1,3,10,13-14,17H,2,4-9,11-12,15-16H2,(H,24,25)/t22-/m1/s1. The van der Waals surface area contributed by atoms with Gasteiger partial charge in [-0.1, -0.05) is 6.07 Å². The number of aryl methyl sites for hydroxylation is 1. The Balaban J connectivity index is 1.34. The van der Waals surface area contributed by atoms with E-state index in [0.717, 1.165) is 63.0 Å². The molecule has 7 heteroatoms. The average Bonchev–Trinajstić information content (AvgIpc) is 3.27. The largest absolute Gasteiger partial charge is 0.348 e. The van der Waals surface area contributed by atoms with Gasteiger partial charge in [0.25, 0.3) is 0 Å². The molecule has 2 saturated heterocycles. The van der Waals surface area contributed by atoms with Gasteiger partial charge in [0, 0.05) is 75.1 Å². The number of piperidine rings is 2. The van der Waals surface area contributed by atoms with Gasteiger partial charge in [-0.3, -0.25) is 14.6 Å². The fourth-order valence-electron chi connectivity index (χ4n) is 4.69. The van der Waals surface area contributed by atoms with Crippen LogP contribution in [-0.4, -0.2) is 62.7 Å². The van der Waals surface area contributed by atoms with Crippen LogP contribution in [0, 0.1) is 5.41 Å². The summed E-state index contributed by atoms with van der Waals surface area (Å²) in [6, 6.07) is 3.93. The van der Waals surface area contributed by atoms with Crippen LogP contribution >= 0.6 is 0 Å². The van der Waals surface area contributed by atoms with Gasteiger partial charge in [0.1, 0.15) is 0 Å². The highest BCUT2D eigenvalue weighted by molar-refractivity contribution is 5.78. The molecule has 0 aromatic carbocycles. The molecule has 2 aliphatic heterocycles. The monoisotopic (exact) mass is 395 g/mol. The van der Waals surface area contributed by atoms with Crippen LogP contribution in [0.1, 0.15) is 43.4 Å². The van der Waals surface area contributed by atoms with Gasteiger partial charge in [-0.15, -0.1) is 0 Å². The first kappa shape index (κ1) is 19.6. The number of H-pyrrole nitrogens is 1. The predicted octanol–water partition coefficient (Wildman–Crippen LogP) is 2.21. The van der Waals surface area contributed by atoms with E-state index in [1.54, 1.807) is 12.5 Å². The van der Waals surface area contributed by atoms with Crippen LogP contribution in [-0.2, 0) is 22.4 Å². The molecule has 2 aromatic heterocycles. The Bertz CT molecular complexity index is 823. The zero-order chi connectivity index (χ0) is 20.1. The molecule has 0 bridgehead atoms. The van der Waals surface area contributed by atoms with Crippen LogP contribution < -0.4 is 0 Å². The van der Waals surface area contributed by atoms with E-state index in [0.29, 0.717) is 19.4 Å². The molecule has 0 saturated carbocycles. The SMILES string of the molecule is O=C(CCc1cccnc1)N1CCC[C@@]2(CCC(=O)N(CCc3cnc[nH]3)C2)C1. The Morgan fingerprint density at radius 3 is 2.90 bits per heavy atom. The molecule has 1 spiro atoms. The number of nitrogens with one attached hydrogen (secondary N) is 1. The number of imidazole rings is 1. The number of carbonyl (C=O) groups excluding carboxylic acids is 2. The number of nitrogens with zero attached hydrogens (tertiary/aromatic N) is 4. The summed E-state index contributed by atoms with van der Waals surface area (Å²) in [6.45, 7) is 3.06. The fourth-order valence-corrected chi connectivity index (χ4v) is 4.69. The summed E-state index contributed by atoms with van der Waals surface area (Å²) in [5.41, 5.74) is 2.19. The van der Waals surface area contributed by atoms with Crippen molar-refractivity contribution in [2.45, 2.75) is 44.9 Å².